The van der Waals surface area contributed by atoms with Gasteiger partial charge in [-0.15, -0.1) is 0 Å². The lowest BCUT2D eigenvalue weighted by Crippen LogP contribution is -2.34. The molecule has 0 spiro atoms. The molecular weight excluding hydrogens is 202 g/mol. The predicted octanol–water partition coefficient (Wildman–Crippen LogP) is 0.736. The summed E-state index contributed by atoms with van der Waals surface area (Å²) in [4.78, 5) is 11.2. The smallest absolute Gasteiger partial charge is 0.222 e. The minimum absolute atomic E-state index is 0.0863. The summed E-state index contributed by atoms with van der Waals surface area (Å²) in [6.07, 6.45) is 0.986. The molecule has 0 saturated heterocycles. The van der Waals surface area contributed by atoms with E-state index in [0.717, 1.165) is 32.6 Å². The van der Waals surface area contributed by atoms with Crippen LogP contribution in [0.2, 0.25) is 0 Å². The molecule has 16 heavy (non-hydrogen) atoms. The summed E-state index contributed by atoms with van der Waals surface area (Å²) in [6.45, 7) is 11.8. The monoisotopic (exact) mass is 229 g/mol. The molecule has 0 aliphatic carbocycles. The minimum atomic E-state index is 0.0863. The highest BCUT2D eigenvalue weighted by Crippen LogP contribution is 1.89. The summed E-state index contributed by atoms with van der Waals surface area (Å²) in [6, 6.07) is 0.548. The molecule has 4 nitrogen and oxygen atoms in total. The van der Waals surface area contributed by atoms with Crippen LogP contribution in [0.3, 0.4) is 0 Å². The van der Waals surface area contributed by atoms with Crippen LogP contribution in [0.15, 0.2) is 0 Å². The molecule has 0 radical (unpaired) electrons. The van der Waals surface area contributed by atoms with Crippen LogP contribution in [0.5, 0.6) is 0 Å². The Labute approximate surface area is 99.6 Å². The number of rotatable bonds is 9. The van der Waals surface area contributed by atoms with Crippen LogP contribution < -0.4 is 16.0 Å². The fraction of sp³-hybridized carbons (Fsp3) is 0.917. The molecule has 0 bridgehead atoms. The van der Waals surface area contributed by atoms with Crippen molar-refractivity contribution in [2.75, 3.05) is 26.2 Å². The first kappa shape index (κ1) is 15.4. The van der Waals surface area contributed by atoms with Crippen molar-refractivity contribution in [2.24, 2.45) is 5.92 Å². The molecule has 0 aromatic heterocycles. The average molecular weight is 229 g/mol. The highest BCUT2D eigenvalue weighted by molar-refractivity contribution is 5.77. The zero-order valence-electron chi connectivity index (χ0n) is 11.1. The second kappa shape index (κ2) is 9.60. The van der Waals surface area contributed by atoms with Gasteiger partial charge in [-0.3, -0.25) is 4.79 Å². The number of hydrogen-bond donors (Lipinski definition) is 3. The number of nitrogens with one attached hydrogen (secondary N) is 3. The van der Waals surface area contributed by atoms with Gasteiger partial charge in [0, 0.05) is 31.6 Å². The van der Waals surface area contributed by atoms with Crippen molar-refractivity contribution < 1.29 is 4.79 Å². The van der Waals surface area contributed by atoms with Crippen molar-refractivity contribution in [3.05, 3.63) is 0 Å². The molecular formula is C12H27N3O. The quantitative estimate of drug-likeness (QED) is 0.511. The maximum Gasteiger partial charge on any atom is 0.222 e. The van der Waals surface area contributed by atoms with Crippen molar-refractivity contribution in [3.8, 4) is 0 Å². The molecule has 0 saturated carbocycles. The van der Waals surface area contributed by atoms with Gasteiger partial charge in [-0.2, -0.15) is 0 Å². The fourth-order valence-corrected chi connectivity index (χ4v) is 1.20. The maximum absolute atomic E-state index is 11.2. The van der Waals surface area contributed by atoms with E-state index < -0.39 is 0 Å². The lowest BCUT2D eigenvalue weighted by atomic mass is 10.2. The SMILES string of the molecule is CC(C)NCCNCCCNC(=O)C(C)C. The van der Waals surface area contributed by atoms with Crippen LogP contribution in [0, 0.1) is 5.92 Å². The molecule has 3 N–H and O–H groups in total. The Morgan fingerprint density at radius 3 is 2.25 bits per heavy atom. The summed E-state index contributed by atoms with van der Waals surface area (Å²) in [7, 11) is 0. The minimum Gasteiger partial charge on any atom is -0.356 e. The normalized spacial score (nSPS) is 11.1. The van der Waals surface area contributed by atoms with Gasteiger partial charge in [-0.25, -0.2) is 0 Å². The average Bonchev–Trinajstić information content (AvgIpc) is 2.21. The Balaban J connectivity index is 3.13. The third kappa shape index (κ3) is 9.93. The van der Waals surface area contributed by atoms with Crippen LogP contribution in [-0.2, 0) is 4.79 Å². The molecule has 0 unspecified atom stereocenters. The van der Waals surface area contributed by atoms with E-state index in [2.05, 4.69) is 29.8 Å². The van der Waals surface area contributed by atoms with Gasteiger partial charge in [0.25, 0.3) is 0 Å². The molecule has 96 valence electrons. The van der Waals surface area contributed by atoms with Crippen molar-refractivity contribution in [2.45, 2.75) is 40.2 Å². The number of carbonyl (C=O) groups is 1. The van der Waals surface area contributed by atoms with E-state index in [4.69, 9.17) is 0 Å². The van der Waals surface area contributed by atoms with Gasteiger partial charge < -0.3 is 16.0 Å². The van der Waals surface area contributed by atoms with E-state index in [0.29, 0.717) is 6.04 Å². The zero-order chi connectivity index (χ0) is 12.4. The van der Waals surface area contributed by atoms with Gasteiger partial charge >= 0.3 is 0 Å². The first-order valence-electron chi connectivity index (χ1n) is 6.26. The first-order chi connectivity index (χ1) is 7.54. The van der Waals surface area contributed by atoms with E-state index >= 15 is 0 Å². The van der Waals surface area contributed by atoms with Gasteiger partial charge in [-0.1, -0.05) is 27.7 Å². The molecule has 0 aliphatic rings. The van der Waals surface area contributed by atoms with Crippen molar-refractivity contribution in [3.63, 3.8) is 0 Å². The van der Waals surface area contributed by atoms with E-state index in [9.17, 15) is 4.79 Å². The molecule has 0 atom stereocenters. The highest BCUT2D eigenvalue weighted by atomic mass is 16.1. The maximum atomic E-state index is 11.2. The predicted molar refractivity (Wildman–Crippen MR) is 68.5 cm³/mol. The van der Waals surface area contributed by atoms with Gasteiger partial charge in [-0.05, 0) is 13.0 Å². The Kier molecular flexibility index (Phi) is 9.24. The van der Waals surface area contributed by atoms with Crippen LogP contribution >= 0.6 is 0 Å². The fourth-order valence-electron chi connectivity index (χ4n) is 1.20. The number of hydrogen-bond acceptors (Lipinski definition) is 3. The number of amides is 1. The second-order valence-corrected chi connectivity index (χ2v) is 4.66. The first-order valence-corrected chi connectivity index (χ1v) is 6.26. The van der Waals surface area contributed by atoms with E-state index in [-0.39, 0.29) is 11.8 Å². The summed E-state index contributed by atoms with van der Waals surface area (Å²) in [5.74, 6) is 0.227. The third-order valence-corrected chi connectivity index (χ3v) is 2.21. The molecule has 0 aromatic carbocycles. The van der Waals surface area contributed by atoms with Crippen molar-refractivity contribution in [1.82, 2.24) is 16.0 Å². The molecule has 0 rings (SSSR count). The van der Waals surface area contributed by atoms with E-state index in [1.165, 1.54) is 0 Å². The number of carbonyl (C=O) groups excluding carboxylic acids is 1. The van der Waals surface area contributed by atoms with Crippen LogP contribution in [0.1, 0.15) is 34.1 Å². The van der Waals surface area contributed by atoms with Gasteiger partial charge in [0.1, 0.15) is 0 Å². The summed E-state index contributed by atoms with van der Waals surface area (Å²) >= 11 is 0. The molecule has 0 aromatic rings. The van der Waals surface area contributed by atoms with Crippen LogP contribution in [0.4, 0.5) is 0 Å². The molecule has 0 aliphatic heterocycles. The molecule has 4 heteroatoms. The Bertz CT molecular complexity index is 181. The third-order valence-electron chi connectivity index (χ3n) is 2.21. The topological polar surface area (TPSA) is 53.2 Å². The summed E-state index contributed by atoms with van der Waals surface area (Å²) < 4.78 is 0. The van der Waals surface area contributed by atoms with Gasteiger partial charge in [0.05, 0.1) is 0 Å². The van der Waals surface area contributed by atoms with E-state index in [1.807, 2.05) is 13.8 Å². The lowest BCUT2D eigenvalue weighted by Gasteiger charge is -2.10. The second-order valence-electron chi connectivity index (χ2n) is 4.66. The van der Waals surface area contributed by atoms with Gasteiger partial charge in [0.15, 0.2) is 0 Å². The van der Waals surface area contributed by atoms with Crippen LogP contribution in [0.25, 0.3) is 0 Å². The summed E-state index contributed by atoms with van der Waals surface area (Å²) in [5.41, 5.74) is 0. The largest absolute Gasteiger partial charge is 0.356 e. The highest BCUT2D eigenvalue weighted by Gasteiger charge is 2.04. The summed E-state index contributed by atoms with van der Waals surface area (Å²) in [5, 5.41) is 9.56. The molecule has 0 heterocycles. The van der Waals surface area contributed by atoms with Crippen LogP contribution in [-0.4, -0.2) is 38.1 Å². The van der Waals surface area contributed by atoms with Crippen molar-refractivity contribution in [1.29, 1.82) is 0 Å². The Morgan fingerprint density at radius 1 is 1.00 bits per heavy atom. The zero-order valence-corrected chi connectivity index (χ0v) is 11.1. The van der Waals surface area contributed by atoms with Gasteiger partial charge in [0.2, 0.25) is 5.91 Å². The Morgan fingerprint density at radius 2 is 1.69 bits per heavy atom. The van der Waals surface area contributed by atoms with E-state index in [1.54, 1.807) is 0 Å². The molecule has 1 amide bonds. The lowest BCUT2D eigenvalue weighted by molar-refractivity contribution is -0.123. The standard InChI is InChI=1S/C12H27N3O/c1-10(2)12(16)15-7-5-6-13-8-9-14-11(3)4/h10-11,13-14H,5-9H2,1-4H3,(H,15,16). The van der Waals surface area contributed by atoms with Crippen molar-refractivity contribution >= 4 is 5.91 Å². The molecule has 0 fully saturated rings. The Hall–Kier alpha value is -0.610.